The van der Waals surface area contributed by atoms with Crippen LogP contribution in [0.1, 0.15) is 41.3 Å². The number of hydrogen-bond acceptors (Lipinski definition) is 6. The molecule has 7 nitrogen and oxygen atoms in total. The fourth-order valence-corrected chi connectivity index (χ4v) is 3.70. The van der Waals surface area contributed by atoms with E-state index >= 15 is 0 Å². The molecule has 4 aromatic rings. The molecule has 1 N–H and O–H groups in total. The zero-order valence-corrected chi connectivity index (χ0v) is 21.1. The van der Waals surface area contributed by atoms with Crippen molar-refractivity contribution in [2.24, 2.45) is 0 Å². The van der Waals surface area contributed by atoms with Crippen LogP contribution in [0.2, 0.25) is 0 Å². The molecule has 1 aromatic heterocycles. The van der Waals surface area contributed by atoms with Gasteiger partial charge < -0.3 is 19.2 Å². The van der Waals surface area contributed by atoms with Gasteiger partial charge in [0.1, 0.15) is 22.6 Å². The second kappa shape index (κ2) is 13.1. The monoisotopic (exact) mass is 511 g/mol. The molecule has 0 aliphatic rings. The Balaban J connectivity index is 1.35. The molecule has 0 unspecified atom stereocenters. The summed E-state index contributed by atoms with van der Waals surface area (Å²) in [5.41, 5.74) is 1.27. The third-order valence-corrected chi connectivity index (χ3v) is 5.77. The summed E-state index contributed by atoms with van der Waals surface area (Å²) in [5, 5.41) is 3.29. The molecule has 0 saturated heterocycles. The zero-order chi connectivity index (χ0) is 26.7. The van der Waals surface area contributed by atoms with E-state index in [1.165, 1.54) is 18.2 Å². The molecule has 0 spiro atoms. The maximum atomic E-state index is 12.5. The zero-order valence-electron chi connectivity index (χ0n) is 21.1. The van der Waals surface area contributed by atoms with Gasteiger partial charge in [0.15, 0.2) is 0 Å². The van der Waals surface area contributed by atoms with Crippen molar-refractivity contribution in [3.8, 4) is 11.5 Å². The maximum absolute atomic E-state index is 12.5. The Labute approximate surface area is 220 Å². The Hall–Kier alpha value is -4.65. The van der Waals surface area contributed by atoms with Crippen molar-refractivity contribution in [1.29, 1.82) is 0 Å². The van der Waals surface area contributed by atoms with Crippen LogP contribution in [0.25, 0.3) is 17.0 Å². The second-order valence-electron chi connectivity index (χ2n) is 8.66. The molecule has 3 aromatic carbocycles. The minimum absolute atomic E-state index is 0.0833. The summed E-state index contributed by atoms with van der Waals surface area (Å²) in [7, 11) is 0. The largest absolute Gasteiger partial charge is 0.494 e. The molecule has 0 aliphatic carbocycles. The van der Waals surface area contributed by atoms with E-state index in [1.54, 1.807) is 18.2 Å². The number of fused-ring (bicyclic) bond motifs is 1. The van der Waals surface area contributed by atoms with Gasteiger partial charge in [0.05, 0.1) is 6.61 Å². The van der Waals surface area contributed by atoms with Crippen molar-refractivity contribution in [3.05, 3.63) is 112 Å². The van der Waals surface area contributed by atoms with Gasteiger partial charge >= 0.3 is 11.6 Å². The number of esters is 1. The number of carbonyl (C=O) groups excluding carboxylic acids is 2. The van der Waals surface area contributed by atoms with Crippen LogP contribution in [0.5, 0.6) is 11.5 Å². The molecule has 4 rings (SSSR count). The van der Waals surface area contributed by atoms with Crippen LogP contribution in [-0.2, 0) is 11.2 Å². The van der Waals surface area contributed by atoms with Gasteiger partial charge in [-0.15, -0.1) is 0 Å². The van der Waals surface area contributed by atoms with E-state index in [-0.39, 0.29) is 16.9 Å². The smallest absolute Gasteiger partial charge is 0.349 e. The molecule has 194 valence electrons. The molecule has 1 heterocycles. The van der Waals surface area contributed by atoms with Crippen molar-refractivity contribution in [2.75, 3.05) is 13.2 Å². The van der Waals surface area contributed by atoms with Crippen LogP contribution in [0.4, 0.5) is 0 Å². The molecule has 0 atom stereocenters. The summed E-state index contributed by atoms with van der Waals surface area (Å²) in [4.78, 5) is 37.3. The van der Waals surface area contributed by atoms with Gasteiger partial charge in [-0.25, -0.2) is 9.59 Å². The van der Waals surface area contributed by atoms with Gasteiger partial charge in [-0.2, -0.15) is 0 Å². The minimum atomic E-state index is -0.764. The first-order chi connectivity index (χ1) is 18.5. The number of unbranched alkanes of at least 4 members (excludes halogenated alkanes) is 1. The molecular weight excluding hydrogens is 482 g/mol. The highest BCUT2D eigenvalue weighted by molar-refractivity contribution is 5.97. The number of rotatable bonds is 11. The van der Waals surface area contributed by atoms with Crippen LogP contribution in [0, 0.1) is 0 Å². The van der Waals surface area contributed by atoms with Gasteiger partial charge in [-0.1, -0.05) is 55.8 Å². The molecule has 1 amide bonds. The highest BCUT2D eigenvalue weighted by Crippen LogP contribution is 2.21. The second-order valence-corrected chi connectivity index (χ2v) is 8.66. The van der Waals surface area contributed by atoms with Gasteiger partial charge in [-0.3, -0.25) is 4.79 Å². The number of amides is 1. The van der Waals surface area contributed by atoms with E-state index < -0.39 is 17.5 Å². The van der Waals surface area contributed by atoms with Crippen LogP contribution >= 0.6 is 0 Å². The normalized spacial score (nSPS) is 11.0. The molecule has 7 heteroatoms. The first kappa shape index (κ1) is 26.4. The number of carbonyl (C=O) groups is 2. The SMILES string of the molecule is CCCCOc1ccc(/C=C/C(=O)Oc2ccc3cc(C(=O)NCCc4ccccc4)c(=O)oc3c2)cc1. The van der Waals surface area contributed by atoms with Crippen LogP contribution in [0.3, 0.4) is 0 Å². The van der Waals surface area contributed by atoms with Crippen LogP contribution < -0.4 is 20.4 Å². The average molecular weight is 512 g/mol. The van der Waals surface area contributed by atoms with Gasteiger partial charge in [0.2, 0.25) is 0 Å². The molecule has 0 radical (unpaired) electrons. The predicted octanol–water partition coefficient (Wildman–Crippen LogP) is 5.56. The van der Waals surface area contributed by atoms with Crippen LogP contribution in [0.15, 0.2) is 94.2 Å². The van der Waals surface area contributed by atoms with Crippen molar-refractivity contribution in [3.63, 3.8) is 0 Å². The highest BCUT2D eigenvalue weighted by Gasteiger charge is 2.14. The van der Waals surface area contributed by atoms with Crippen molar-refractivity contribution in [2.45, 2.75) is 26.2 Å². The van der Waals surface area contributed by atoms with Crippen LogP contribution in [-0.4, -0.2) is 25.0 Å². The first-order valence-corrected chi connectivity index (χ1v) is 12.5. The lowest BCUT2D eigenvalue weighted by atomic mass is 10.1. The Kier molecular flexibility index (Phi) is 9.07. The fourth-order valence-electron chi connectivity index (χ4n) is 3.70. The van der Waals surface area contributed by atoms with Crippen molar-refractivity contribution >= 4 is 28.9 Å². The third-order valence-electron chi connectivity index (χ3n) is 5.77. The standard InChI is InChI=1S/C31H29NO6/c1-2-3-19-36-25-13-9-23(10-14-25)11-16-29(33)37-26-15-12-24-20-27(31(35)38-28(24)21-26)30(34)32-18-17-22-7-5-4-6-8-22/h4-16,20-21H,2-3,17-19H2,1H3,(H,32,34)/b16-11+. The Bertz CT molecular complexity index is 1470. The lowest BCUT2D eigenvalue weighted by Crippen LogP contribution is -2.29. The van der Waals surface area contributed by atoms with E-state index in [1.807, 2.05) is 54.6 Å². The van der Waals surface area contributed by atoms with Gasteiger partial charge in [0.25, 0.3) is 5.91 Å². The molecule has 0 saturated carbocycles. The Morgan fingerprint density at radius 2 is 1.71 bits per heavy atom. The summed E-state index contributed by atoms with van der Waals surface area (Å²) < 4.78 is 16.3. The lowest BCUT2D eigenvalue weighted by molar-refractivity contribution is -0.128. The Morgan fingerprint density at radius 3 is 2.47 bits per heavy atom. The molecule has 38 heavy (non-hydrogen) atoms. The predicted molar refractivity (Wildman–Crippen MR) is 146 cm³/mol. The number of ether oxygens (including phenoxy) is 2. The average Bonchev–Trinajstić information content (AvgIpc) is 2.93. The molecule has 0 bridgehead atoms. The van der Waals surface area contributed by atoms with Crippen molar-refractivity contribution < 1.29 is 23.5 Å². The number of nitrogens with one attached hydrogen (secondary N) is 1. The minimum Gasteiger partial charge on any atom is -0.494 e. The fraction of sp³-hybridized carbons (Fsp3) is 0.194. The summed E-state index contributed by atoms with van der Waals surface area (Å²) >= 11 is 0. The van der Waals surface area contributed by atoms with E-state index in [2.05, 4.69) is 12.2 Å². The van der Waals surface area contributed by atoms with Gasteiger partial charge in [-0.05, 0) is 60.4 Å². The maximum Gasteiger partial charge on any atom is 0.349 e. The third kappa shape index (κ3) is 7.43. The van der Waals surface area contributed by atoms with Crippen molar-refractivity contribution in [1.82, 2.24) is 5.32 Å². The van der Waals surface area contributed by atoms with E-state index in [4.69, 9.17) is 13.9 Å². The number of hydrogen-bond donors (Lipinski definition) is 1. The summed E-state index contributed by atoms with van der Waals surface area (Å²) in [6.07, 6.45) is 5.67. The van der Waals surface area contributed by atoms with E-state index in [9.17, 15) is 14.4 Å². The summed E-state index contributed by atoms with van der Waals surface area (Å²) in [5.74, 6) is -0.0825. The van der Waals surface area contributed by atoms with Gasteiger partial charge in [0, 0.05) is 24.1 Å². The lowest BCUT2D eigenvalue weighted by Gasteiger charge is -2.07. The molecule has 0 fully saturated rings. The van der Waals surface area contributed by atoms with E-state index in [0.717, 1.165) is 29.7 Å². The summed E-state index contributed by atoms with van der Waals surface area (Å²) in [6, 6.07) is 23.3. The quantitative estimate of drug-likeness (QED) is 0.0931. The van der Waals surface area contributed by atoms with E-state index in [0.29, 0.717) is 25.0 Å². The summed E-state index contributed by atoms with van der Waals surface area (Å²) in [6.45, 7) is 3.17. The Morgan fingerprint density at radius 1 is 0.947 bits per heavy atom. The highest BCUT2D eigenvalue weighted by atomic mass is 16.5. The molecule has 0 aliphatic heterocycles. The first-order valence-electron chi connectivity index (χ1n) is 12.5. The number of benzene rings is 3. The topological polar surface area (TPSA) is 94.8 Å². The molecular formula is C31H29NO6.